The van der Waals surface area contributed by atoms with Crippen molar-refractivity contribution in [3.63, 3.8) is 0 Å². The van der Waals surface area contributed by atoms with Crippen molar-refractivity contribution in [1.29, 1.82) is 0 Å². The van der Waals surface area contributed by atoms with Crippen molar-refractivity contribution in [1.82, 2.24) is 5.32 Å². The summed E-state index contributed by atoms with van der Waals surface area (Å²) in [5.74, 6) is 3.39. The summed E-state index contributed by atoms with van der Waals surface area (Å²) in [6, 6.07) is 41.5. The third kappa shape index (κ3) is 5.38. The lowest BCUT2D eigenvalue weighted by molar-refractivity contribution is 0.519. The van der Waals surface area contributed by atoms with E-state index in [0.717, 1.165) is 66.2 Å². The molecular formula is C48H39N3O. The van der Waals surface area contributed by atoms with E-state index in [9.17, 15) is 0 Å². The first-order valence-corrected chi connectivity index (χ1v) is 18.6. The molecule has 1 aromatic heterocycles. The quantitative estimate of drug-likeness (QED) is 0.191. The highest BCUT2D eigenvalue weighted by Gasteiger charge is 2.30. The summed E-state index contributed by atoms with van der Waals surface area (Å²) in [7, 11) is 0. The smallest absolute Gasteiger partial charge is 0.169 e. The molecule has 4 aliphatic rings. The fourth-order valence-corrected chi connectivity index (χ4v) is 8.58. The van der Waals surface area contributed by atoms with Gasteiger partial charge in [0.05, 0.1) is 0 Å². The van der Waals surface area contributed by atoms with Crippen LogP contribution in [0.25, 0.3) is 33.4 Å². The third-order valence-electron chi connectivity index (χ3n) is 11.2. The Kier molecular flexibility index (Phi) is 7.67. The van der Waals surface area contributed by atoms with Crippen molar-refractivity contribution in [3.05, 3.63) is 190 Å². The zero-order valence-electron chi connectivity index (χ0n) is 29.0. The monoisotopic (exact) mass is 673 g/mol. The van der Waals surface area contributed by atoms with Crippen LogP contribution in [0.1, 0.15) is 89.2 Å². The summed E-state index contributed by atoms with van der Waals surface area (Å²) in [5.41, 5.74) is 11.0. The van der Waals surface area contributed by atoms with Gasteiger partial charge in [0.1, 0.15) is 23.0 Å². The molecule has 0 amide bonds. The number of rotatable bonds is 6. The van der Waals surface area contributed by atoms with E-state index in [0.29, 0.717) is 5.92 Å². The van der Waals surface area contributed by atoms with E-state index >= 15 is 0 Å². The van der Waals surface area contributed by atoms with Gasteiger partial charge in [-0.2, -0.15) is 0 Å². The van der Waals surface area contributed by atoms with Crippen molar-refractivity contribution in [3.8, 4) is 0 Å². The summed E-state index contributed by atoms with van der Waals surface area (Å²) >= 11 is 0. The highest BCUT2D eigenvalue weighted by molar-refractivity contribution is 6.16. The minimum absolute atomic E-state index is 0.220. The number of hydrogen-bond acceptors (Lipinski definition) is 4. The van der Waals surface area contributed by atoms with Crippen LogP contribution in [0.3, 0.4) is 0 Å². The number of nitrogens with one attached hydrogen (secondary N) is 1. The Morgan fingerprint density at radius 2 is 1.38 bits per heavy atom. The molecule has 4 nitrogen and oxygen atoms in total. The van der Waals surface area contributed by atoms with Gasteiger partial charge in [-0.3, -0.25) is 0 Å². The summed E-state index contributed by atoms with van der Waals surface area (Å²) in [6.45, 7) is 0. The first-order valence-electron chi connectivity index (χ1n) is 18.6. The number of amidine groups is 2. The molecule has 1 aliphatic heterocycles. The third-order valence-corrected chi connectivity index (χ3v) is 11.2. The lowest BCUT2D eigenvalue weighted by atomic mass is 9.84. The van der Waals surface area contributed by atoms with Gasteiger partial charge < -0.3 is 9.73 Å². The maximum Gasteiger partial charge on any atom is 0.169 e. The van der Waals surface area contributed by atoms with Gasteiger partial charge in [-0.15, -0.1) is 0 Å². The molecule has 0 saturated heterocycles. The van der Waals surface area contributed by atoms with Gasteiger partial charge in [-0.05, 0) is 77.0 Å². The number of aliphatic imine (C=N–C) groups is 2. The maximum absolute atomic E-state index is 6.85. The maximum atomic E-state index is 6.85. The summed E-state index contributed by atoms with van der Waals surface area (Å²) in [5, 5.41) is 7.25. The van der Waals surface area contributed by atoms with Crippen molar-refractivity contribution in [2.75, 3.05) is 0 Å². The second-order valence-corrected chi connectivity index (χ2v) is 14.3. The predicted octanol–water partition coefficient (Wildman–Crippen LogP) is 11.8. The molecule has 3 aliphatic carbocycles. The second kappa shape index (κ2) is 13.0. The summed E-state index contributed by atoms with van der Waals surface area (Å²) < 4.78 is 6.85. The van der Waals surface area contributed by atoms with Gasteiger partial charge in [-0.1, -0.05) is 146 Å². The molecule has 0 saturated carbocycles. The highest BCUT2D eigenvalue weighted by Crippen LogP contribution is 2.48. The molecule has 0 bridgehead atoms. The van der Waals surface area contributed by atoms with Gasteiger partial charge >= 0.3 is 0 Å². The Morgan fingerprint density at radius 1 is 0.654 bits per heavy atom. The van der Waals surface area contributed by atoms with Crippen LogP contribution in [0.5, 0.6) is 0 Å². The molecule has 0 spiro atoms. The van der Waals surface area contributed by atoms with Crippen LogP contribution in [0.15, 0.2) is 166 Å². The second-order valence-electron chi connectivity index (χ2n) is 14.3. The van der Waals surface area contributed by atoms with Gasteiger partial charge in [0.25, 0.3) is 0 Å². The van der Waals surface area contributed by atoms with E-state index in [2.05, 4.69) is 151 Å². The van der Waals surface area contributed by atoms with E-state index in [4.69, 9.17) is 14.4 Å². The fraction of sp³-hybridized carbons (Fsp3) is 0.167. The molecule has 0 radical (unpaired) electrons. The lowest BCUT2D eigenvalue weighted by Gasteiger charge is -2.24. The standard InChI is InChI=1S/C48H39N3O/c1-4-14-31(15-5-1)37-23-13-25-41-43-30-42(39-20-10-11-21-40(39)45(43)52-44(37)41)38-24-12-22-36(38)32-26-28-35(29-27-32)48-50-46(33-16-6-2-7-17-33)49-47(51-48)34-18-8-3-9-19-34/h1-8,10-11,13-18,20-21,24-30,36-37,46H,9,12,19,22-23H2,(H,49,50,51). The molecule has 4 heteroatoms. The van der Waals surface area contributed by atoms with Crippen LogP contribution in [0.2, 0.25) is 0 Å². The minimum Gasteiger partial charge on any atom is -0.459 e. The Balaban J connectivity index is 1.00. The molecule has 252 valence electrons. The Hall–Kier alpha value is -6.00. The molecule has 10 rings (SSSR count). The first-order chi connectivity index (χ1) is 25.8. The number of hydrogen-bond donors (Lipinski definition) is 1. The van der Waals surface area contributed by atoms with Gasteiger partial charge in [0.15, 0.2) is 6.17 Å². The van der Waals surface area contributed by atoms with E-state index in [-0.39, 0.29) is 12.1 Å². The molecular weight excluding hydrogens is 635 g/mol. The SMILES string of the molecule is C1=CCCC(C2=NC(c3ccccc3)N=C(c3ccc(C4CCC=C4c4cc5c6c(oc5c5ccccc45)C(c4ccccc4)CC=C6)cc3)N2)=C1. The Morgan fingerprint density at radius 3 is 2.17 bits per heavy atom. The van der Waals surface area contributed by atoms with E-state index in [1.807, 2.05) is 6.07 Å². The number of fused-ring (bicyclic) bond motifs is 5. The summed E-state index contributed by atoms with van der Waals surface area (Å²) in [4.78, 5) is 10.2. The number of nitrogens with zero attached hydrogens (tertiary/aromatic N) is 2. The first kappa shape index (κ1) is 30.8. The molecule has 6 aromatic rings. The number of allylic oxidation sites excluding steroid dienone is 6. The van der Waals surface area contributed by atoms with Gasteiger partial charge in [-0.25, -0.2) is 9.98 Å². The van der Waals surface area contributed by atoms with Crippen LogP contribution in [0.4, 0.5) is 0 Å². The normalized spacial score (nSPS) is 21.0. The number of furan rings is 1. The highest BCUT2D eigenvalue weighted by atomic mass is 16.3. The molecule has 1 N–H and O–H groups in total. The van der Waals surface area contributed by atoms with Crippen molar-refractivity contribution in [2.45, 2.75) is 50.1 Å². The Labute approximate surface area is 304 Å². The topological polar surface area (TPSA) is 49.9 Å². The minimum atomic E-state index is -0.280. The molecule has 5 aromatic carbocycles. The largest absolute Gasteiger partial charge is 0.459 e. The van der Waals surface area contributed by atoms with Gasteiger partial charge in [0, 0.05) is 33.7 Å². The summed E-state index contributed by atoms with van der Waals surface area (Å²) in [6.07, 6.45) is 18.4. The molecule has 2 heterocycles. The molecule has 3 unspecified atom stereocenters. The van der Waals surface area contributed by atoms with Gasteiger partial charge in [0.2, 0.25) is 0 Å². The van der Waals surface area contributed by atoms with Crippen molar-refractivity contribution < 1.29 is 4.42 Å². The van der Waals surface area contributed by atoms with Crippen LogP contribution in [-0.4, -0.2) is 11.7 Å². The zero-order valence-corrected chi connectivity index (χ0v) is 29.0. The predicted molar refractivity (Wildman–Crippen MR) is 215 cm³/mol. The van der Waals surface area contributed by atoms with Crippen LogP contribution < -0.4 is 5.32 Å². The molecule has 0 fully saturated rings. The van der Waals surface area contributed by atoms with Crippen LogP contribution in [0, 0.1) is 0 Å². The van der Waals surface area contributed by atoms with Crippen LogP contribution >= 0.6 is 0 Å². The Bertz CT molecular complexity index is 2510. The van der Waals surface area contributed by atoms with E-state index < -0.39 is 0 Å². The van der Waals surface area contributed by atoms with Crippen molar-refractivity contribution >= 4 is 45.1 Å². The molecule has 3 atom stereocenters. The average Bonchev–Trinajstić information content (AvgIpc) is 3.87. The lowest BCUT2D eigenvalue weighted by Crippen LogP contribution is -2.36. The number of benzene rings is 5. The molecule has 52 heavy (non-hydrogen) atoms. The fourth-order valence-electron chi connectivity index (χ4n) is 8.58. The van der Waals surface area contributed by atoms with Crippen molar-refractivity contribution in [2.24, 2.45) is 9.98 Å². The average molecular weight is 674 g/mol. The van der Waals surface area contributed by atoms with E-state index in [1.54, 1.807) is 0 Å². The van der Waals surface area contributed by atoms with E-state index in [1.165, 1.54) is 49.6 Å². The van der Waals surface area contributed by atoms with Crippen LogP contribution in [-0.2, 0) is 0 Å². The zero-order chi connectivity index (χ0) is 34.4.